The number of nitrogens with zero attached hydrogens (tertiary/aromatic N) is 1. The lowest BCUT2D eigenvalue weighted by atomic mass is 10.0. The van der Waals surface area contributed by atoms with Gasteiger partial charge in [-0.2, -0.15) is 0 Å². The molecular formula is C19H16BrFN2O2. The zero-order chi connectivity index (χ0) is 18.0. The van der Waals surface area contributed by atoms with Gasteiger partial charge in [0.25, 0.3) is 5.91 Å². The maximum atomic E-state index is 13.1. The van der Waals surface area contributed by atoms with Gasteiger partial charge in [0.1, 0.15) is 22.8 Å². The Kier molecular flexibility index (Phi) is 4.99. The summed E-state index contributed by atoms with van der Waals surface area (Å²) in [4.78, 5) is 12.8. The fourth-order valence-electron chi connectivity index (χ4n) is 2.57. The highest BCUT2D eigenvalue weighted by Gasteiger charge is 2.23. The number of carbonyl (C=O) groups is 1. The number of aryl methyl sites for hydroxylation is 1. The van der Waals surface area contributed by atoms with E-state index in [2.05, 4.69) is 26.4 Å². The predicted octanol–water partition coefficient (Wildman–Crippen LogP) is 5.04. The molecule has 0 fully saturated rings. The largest absolute Gasteiger partial charge is 0.360 e. The first-order valence-electron chi connectivity index (χ1n) is 7.74. The molecule has 4 nitrogen and oxygen atoms in total. The molecule has 1 heterocycles. The van der Waals surface area contributed by atoms with Crippen LogP contribution >= 0.6 is 15.9 Å². The zero-order valence-electron chi connectivity index (χ0n) is 13.7. The minimum atomic E-state index is -0.349. The lowest BCUT2D eigenvalue weighted by Gasteiger charge is -2.15. The lowest BCUT2D eigenvalue weighted by Crippen LogP contribution is -2.27. The molecule has 0 saturated heterocycles. The first-order valence-corrected chi connectivity index (χ1v) is 8.53. The van der Waals surface area contributed by atoms with Crippen molar-refractivity contribution in [2.24, 2.45) is 0 Å². The third-order valence-corrected chi connectivity index (χ3v) is 4.40. The van der Waals surface area contributed by atoms with Crippen molar-refractivity contribution in [1.82, 2.24) is 10.5 Å². The Morgan fingerprint density at radius 2 is 1.96 bits per heavy atom. The van der Waals surface area contributed by atoms with E-state index >= 15 is 0 Å². The van der Waals surface area contributed by atoms with E-state index in [4.69, 9.17) is 4.52 Å². The number of hydrogen-bond donors (Lipinski definition) is 1. The highest BCUT2D eigenvalue weighted by atomic mass is 79.9. The summed E-state index contributed by atoms with van der Waals surface area (Å²) in [5, 5.41) is 6.92. The summed E-state index contributed by atoms with van der Waals surface area (Å²) >= 11 is 3.43. The van der Waals surface area contributed by atoms with Crippen LogP contribution in [0.3, 0.4) is 0 Å². The molecule has 0 spiro atoms. The van der Waals surface area contributed by atoms with Crippen LogP contribution in [0.5, 0.6) is 0 Å². The Balaban J connectivity index is 1.87. The third-order valence-electron chi connectivity index (χ3n) is 3.90. The molecule has 1 aromatic heterocycles. The molecule has 6 heteroatoms. The first-order chi connectivity index (χ1) is 12.0. The number of carbonyl (C=O) groups excluding carboxylic acids is 1. The van der Waals surface area contributed by atoms with Gasteiger partial charge in [-0.15, -0.1) is 0 Å². The monoisotopic (exact) mass is 402 g/mol. The topological polar surface area (TPSA) is 55.1 Å². The Morgan fingerprint density at radius 1 is 1.24 bits per heavy atom. The molecule has 3 aromatic rings. The van der Waals surface area contributed by atoms with E-state index in [9.17, 15) is 9.18 Å². The van der Waals surface area contributed by atoms with E-state index in [1.165, 1.54) is 12.1 Å². The van der Waals surface area contributed by atoms with Crippen molar-refractivity contribution in [3.8, 4) is 11.3 Å². The van der Waals surface area contributed by atoms with E-state index in [0.29, 0.717) is 22.6 Å². The molecule has 1 unspecified atom stereocenters. The molecule has 2 aromatic carbocycles. The average molecular weight is 403 g/mol. The van der Waals surface area contributed by atoms with E-state index in [0.717, 1.165) is 10.0 Å². The highest BCUT2D eigenvalue weighted by Crippen LogP contribution is 2.26. The van der Waals surface area contributed by atoms with Crippen LogP contribution in [-0.2, 0) is 0 Å². The number of benzene rings is 2. The smallest absolute Gasteiger partial charge is 0.257 e. The highest BCUT2D eigenvalue weighted by molar-refractivity contribution is 9.10. The predicted molar refractivity (Wildman–Crippen MR) is 96.7 cm³/mol. The van der Waals surface area contributed by atoms with Crippen LogP contribution in [0, 0.1) is 12.7 Å². The maximum Gasteiger partial charge on any atom is 0.257 e. The molecule has 0 radical (unpaired) electrons. The van der Waals surface area contributed by atoms with E-state index in [1.54, 1.807) is 19.1 Å². The second-order valence-electron chi connectivity index (χ2n) is 5.72. The number of halogens is 2. The molecule has 0 aliphatic heterocycles. The van der Waals surface area contributed by atoms with Crippen LogP contribution in [0.4, 0.5) is 4.39 Å². The summed E-state index contributed by atoms with van der Waals surface area (Å²) in [6.07, 6.45) is 0. The Hall–Kier alpha value is -2.47. The van der Waals surface area contributed by atoms with Gasteiger partial charge in [-0.3, -0.25) is 4.79 Å². The van der Waals surface area contributed by atoms with Crippen LogP contribution < -0.4 is 5.32 Å². The van der Waals surface area contributed by atoms with Gasteiger partial charge < -0.3 is 9.84 Å². The molecule has 0 aliphatic carbocycles. The Morgan fingerprint density at radius 3 is 2.64 bits per heavy atom. The summed E-state index contributed by atoms with van der Waals surface area (Å²) in [5.41, 5.74) is 2.35. The fourth-order valence-corrected chi connectivity index (χ4v) is 2.99. The van der Waals surface area contributed by atoms with Gasteiger partial charge in [0.2, 0.25) is 0 Å². The van der Waals surface area contributed by atoms with Crippen LogP contribution in [0.15, 0.2) is 57.5 Å². The summed E-state index contributed by atoms with van der Waals surface area (Å²) in [5.74, 6) is -0.220. The van der Waals surface area contributed by atoms with Crippen LogP contribution in [0.2, 0.25) is 0 Å². The molecule has 1 amide bonds. The third kappa shape index (κ3) is 3.79. The van der Waals surface area contributed by atoms with Crippen LogP contribution in [0.25, 0.3) is 11.3 Å². The normalized spacial score (nSPS) is 12.0. The summed E-state index contributed by atoms with van der Waals surface area (Å²) in [7, 11) is 0. The second kappa shape index (κ2) is 7.19. The molecule has 1 atom stereocenters. The van der Waals surface area contributed by atoms with Crippen LogP contribution in [-0.4, -0.2) is 11.1 Å². The van der Waals surface area contributed by atoms with Gasteiger partial charge in [-0.05, 0) is 55.8 Å². The minimum absolute atomic E-state index is 0.194. The van der Waals surface area contributed by atoms with Crippen molar-refractivity contribution in [2.45, 2.75) is 19.9 Å². The molecular weight excluding hydrogens is 387 g/mol. The Bertz CT molecular complexity index is 906. The SMILES string of the molecule is Cc1onc(-c2ccc(F)cc2)c1C(=O)NC(C)c1cccc(Br)c1. The van der Waals surface area contributed by atoms with Gasteiger partial charge >= 0.3 is 0 Å². The van der Waals surface area contributed by atoms with Gasteiger partial charge in [-0.1, -0.05) is 33.2 Å². The molecule has 128 valence electrons. The van der Waals surface area contributed by atoms with Gasteiger partial charge in [0.05, 0.1) is 6.04 Å². The average Bonchev–Trinajstić information content (AvgIpc) is 2.97. The number of amides is 1. The van der Waals surface area contributed by atoms with Crippen LogP contribution in [0.1, 0.15) is 34.6 Å². The number of hydrogen-bond acceptors (Lipinski definition) is 3. The lowest BCUT2D eigenvalue weighted by molar-refractivity contribution is 0.0939. The van der Waals surface area contributed by atoms with Gasteiger partial charge in [-0.25, -0.2) is 4.39 Å². The summed E-state index contributed by atoms with van der Waals surface area (Å²) < 4.78 is 19.3. The van der Waals surface area contributed by atoms with Crippen molar-refractivity contribution < 1.29 is 13.7 Å². The zero-order valence-corrected chi connectivity index (χ0v) is 15.3. The van der Waals surface area contributed by atoms with E-state index in [-0.39, 0.29) is 17.8 Å². The molecule has 0 saturated carbocycles. The van der Waals surface area contributed by atoms with Crippen molar-refractivity contribution in [2.75, 3.05) is 0 Å². The number of rotatable bonds is 4. The van der Waals surface area contributed by atoms with Crippen molar-refractivity contribution in [3.05, 3.63) is 75.7 Å². The quantitative estimate of drug-likeness (QED) is 0.664. The number of aromatic nitrogens is 1. The maximum absolute atomic E-state index is 13.1. The standard InChI is InChI=1S/C19H16BrFN2O2/c1-11(14-4-3-5-15(20)10-14)22-19(24)17-12(2)25-23-18(17)13-6-8-16(21)9-7-13/h3-11H,1-2H3,(H,22,24). The molecule has 0 bridgehead atoms. The van der Waals surface area contributed by atoms with Gasteiger partial charge in [0.15, 0.2) is 0 Å². The van der Waals surface area contributed by atoms with Crippen molar-refractivity contribution >= 4 is 21.8 Å². The fraction of sp³-hybridized carbons (Fsp3) is 0.158. The van der Waals surface area contributed by atoms with Crippen molar-refractivity contribution in [1.29, 1.82) is 0 Å². The summed E-state index contributed by atoms with van der Waals surface area (Å²) in [6.45, 7) is 3.58. The molecule has 25 heavy (non-hydrogen) atoms. The van der Waals surface area contributed by atoms with Gasteiger partial charge in [0, 0.05) is 10.0 Å². The van der Waals surface area contributed by atoms with E-state index < -0.39 is 0 Å². The number of nitrogens with one attached hydrogen (secondary N) is 1. The molecule has 1 N–H and O–H groups in total. The molecule has 0 aliphatic rings. The van der Waals surface area contributed by atoms with Crippen molar-refractivity contribution in [3.63, 3.8) is 0 Å². The second-order valence-corrected chi connectivity index (χ2v) is 6.64. The first kappa shape index (κ1) is 17.4. The Labute approximate surface area is 153 Å². The van der Waals surface area contributed by atoms with E-state index in [1.807, 2.05) is 31.2 Å². The molecule has 3 rings (SSSR count). The minimum Gasteiger partial charge on any atom is -0.360 e. The summed E-state index contributed by atoms with van der Waals surface area (Å²) in [6, 6.07) is 13.3.